The first-order valence-electron chi connectivity index (χ1n) is 8.04. The van der Waals surface area contributed by atoms with Gasteiger partial charge in [-0.1, -0.05) is 30.3 Å². The topological polar surface area (TPSA) is 66.5 Å². The molecule has 0 heterocycles. The van der Waals surface area contributed by atoms with E-state index in [1.165, 1.54) is 6.26 Å². The molecule has 0 radical (unpaired) electrons. The summed E-state index contributed by atoms with van der Waals surface area (Å²) < 4.78 is 23.1. The number of sulfone groups is 1. The van der Waals surface area contributed by atoms with Crippen LogP contribution in [0.1, 0.15) is 24.1 Å². The first-order chi connectivity index (χ1) is 11.7. The van der Waals surface area contributed by atoms with Crippen molar-refractivity contribution >= 4 is 21.4 Å². The van der Waals surface area contributed by atoms with Crippen LogP contribution in [0.3, 0.4) is 0 Å². The van der Waals surface area contributed by atoms with Gasteiger partial charge in [-0.25, -0.2) is 8.42 Å². The average Bonchev–Trinajstić information content (AvgIpc) is 2.55. The molecule has 2 aromatic carbocycles. The Morgan fingerprint density at radius 3 is 2.28 bits per heavy atom. The molecule has 0 aromatic heterocycles. The Morgan fingerprint density at radius 1 is 1.12 bits per heavy atom. The van der Waals surface area contributed by atoms with Gasteiger partial charge in [0.05, 0.1) is 11.4 Å². The Balaban J connectivity index is 2.01. The lowest BCUT2D eigenvalue weighted by molar-refractivity contribution is -0.117. The van der Waals surface area contributed by atoms with Crippen LogP contribution >= 0.6 is 0 Å². The Kier molecular flexibility index (Phi) is 5.98. The predicted molar refractivity (Wildman–Crippen MR) is 100 cm³/mol. The maximum Gasteiger partial charge on any atom is 0.238 e. The molecule has 0 aliphatic heterocycles. The van der Waals surface area contributed by atoms with Crippen LogP contribution in [0.5, 0.6) is 0 Å². The van der Waals surface area contributed by atoms with Crippen molar-refractivity contribution in [1.29, 1.82) is 0 Å². The fourth-order valence-electron chi connectivity index (χ4n) is 2.51. The van der Waals surface area contributed by atoms with Gasteiger partial charge < -0.3 is 5.32 Å². The molecule has 0 saturated carbocycles. The van der Waals surface area contributed by atoms with E-state index < -0.39 is 9.84 Å². The molecule has 1 unspecified atom stereocenters. The molecule has 1 N–H and O–H groups in total. The van der Waals surface area contributed by atoms with Crippen LogP contribution in [-0.4, -0.2) is 39.1 Å². The number of nitrogens with one attached hydrogen (secondary N) is 1. The van der Waals surface area contributed by atoms with Crippen molar-refractivity contribution in [2.45, 2.75) is 24.8 Å². The van der Waals surface area contributed by atoms with Crippen molar-refractivity contribution in [3.05, 3.63) is 59.7 Å². The molecule has 0 aliphatic rings. The summed E-state index contributed by atoms with van der Waals surface area (Å²) in [4.78, 5) is 14.5. The van der Waals surface area contributed by atoms with E-state index in [-0.39, 0.29) is 18.5 Å². The number of anilines is 1. The summed E-state index contributed by atoms with van der Waals surface area (Å²) in [5, 5.41) is 2.92. The van der Waals surface area contributed by atoms with Gasteiger partial charge in [-0.3, -0.25) is 9.69 Å². The van der Waals surface area contributed by atoms with Gasteiger partial charge in [0.15, 0.2) is 9.84 Å². The number of benzene rings is 2. The smallest absolute Gasteiger partial charge is 0.238 e. The molecule has 2 rings (SSSR count). The van der Waals surface area contributed by atoms with Gasteiger partial charge >= 0.3 is 0 Å². The van der Waals surface area contributed by atoms with Gasteiger partial charge in [0, 0.05) is 18.0 Å². The van der Waals surface area contributed by atoms with Crippen molar-refractivity contribution in [2.24, 2.45) is 0 Å². The zero-order valence-electron chi connectivity index (χ0n) is 15.0. The molecular weight excluding hydrogens is 336 g/mol. The highest BCUT2D eigenvalue weighted by atomic mass is 32.2. The van der Waals surface area contributed by atoms with Crippen LogP contribution in [0.2, 0.25) is 0 Å². The van der Waals surface area contributed by atoms with E-state index in [1.54, 1.807) is 24.3 Å². The Morgan fingerprint density at radius 2 is 1.72 bits per heavy atom. The van der Waals surface area contributed by atoms with E-state index >= 15 is 0 Å². The Bertz CT molecular complexity index is 845. The third-order valence-electron chi connectivity index (χ3n) is 4.26. The Hall–Kier alpha value is -2.18. The minimum absolute atomic E-state index is 0.0174. The summed E-state index contributed by atoms with van der Waals surface area (Å²) in [6, 6.07) is 14.4. The van der Waals surface area contributed by atoms with Gasteiger partial charge in [0.1, 0.15) is 0 Å². The fourth-order valence-corrected chi connectivity index (χ4v) is 3.14. The number of aryl methyl sites for hydroxylation is 1. The molecule has 0 aliphatic carbocycles. The van der Waals surface area contributed by atoms with Crippen molar-refractivity contribution < 1.29 is 13.2 Å². The molecule has 5 nitrogen and oxygen atoms in total. The van der Waals surface area contributed by atoms with Gasteiger partial charge in [0.2, 0.25) is 5.91 Å². The van der Waals surface area contributed by atoms with Gasteiger partial charge in [-0.2, -0.15) is 0 Å². The number of hydrogen-bond acceptors (Lipinski definition) is 4. The molecule has 1 atom stereocenters. The van der Waals surface area contributed by atoms with Crippen LogP contribution in [0, 0.1) is 6.92 Å². The van der Waals surface area contributed by atoms with E-state index in [4.69, 9.17) is 0 Å². The number of amides is 1. The van der Waals surface area contributed by atoms with Crippen LogP contribution in [0.25, 0.3) is 0 Å². The van der Waals surface area contributed by atoms with Gasteiger partial charge in [-0.15, -0.1) is 0 Å². The molecule has 2 aromatic rings. The molecule has 0 spiro atoms. The minimum atomic E-state index is -3.20. The number of nitrogens with zero attached hydrogens (tertiary/aromatic N) is 1. The number of para-hydroxylation sites is 1. The highest BCUT2D eigenvalue weighted by molar-refractivity contribution is 7.90. The van der Waals surface area contributed by atoms with E-state index in [2.05, 4.69) is 5.32 Å². The second-order valence-corrected chi connectivity index (χ2v) is 8.31. The highest BCUT2D eigenvalue weighted by Gasteiger charge is 2.16. The average molecular weight is 360 g/mol. The quantitative estimate of drug-likeness (QED) is 0.860. The molecular formula is C19H24N2O3S. The van der Waals surface area contributed by atoms with Crippen molar-refractivity contribution in [1.82, 2.24) is 4.90 Å². The zero-order valence-corrected chi connectivity index (χ0v) is 15.8. The van der Waals surface area contributed by atoms with Gasteiger partial charge in [-0.05, 0) is 50.2 Å². The largest absolute Gasteiger partial charge is 0.325 e. The second-order valence-electron chi connectivity index (χ2n) is 6.30. The lowest BCUT2D eigenvalue weighted by Gasteiger charge is -2.24. The standard InChI is InChI=1S/C19H24N2O3S/c1-14-7-5-6-8-18(14)20-19(22)13-21(3)15(2)16-9-11-17(12-10-16)25(4,23)24/h5-12,15H,13H2,1-4H3,(H,20,22). The SMILES string of the molecule is Cc1ccccc1NC(=O)CN(C)C(C)c1ccc(S(C)(=O)=O)cc1. The van der Waals surface area contributed by atoms with Crippen LogP contribution in [0.4, 0.5) is 5.69 Å². The minimum Gasteiger partial charge on any atom is -0.325 e. The van der Waals surface area contributed by atoms with Gasteiger partial charge in [0.25, 0.3) is 0 Å². The fraction of sp³-hybridized carbons (Fsp3) is 0.316. The van der Waals surface area contributed by atoms with Crippen molar-refractivity contribution in [3.63, 3.8) is 0 Å². The molecule has 0 fully saturated rings. The van der Waals surface area contributed by atoms with Crippen molar-refractivity contribution in [3.8, 4) is 0 Å². The lowest BCUT2D eigenvalue weighted by atomic mass is 10.1. The summed E-state index contributed by atoms with van der Waals surface area (Å²) in [5.74, 6) is -0.0867. The lowest BCUT2D eigenvalue weighted by Crippen LogP contribution is -2.32. The molecule has 1 amide bonds. The summed E-state index contributed by atoms with van der Waals surface area (Å²) >= 11 is 0. The van der Waals surface area contributed by atoms with Crippen LogP contribution in [0.15, 0.2) is 53.4 Å². The molecule has 0 saturated heterocycles. The van der Waals surface area contributed by atoms with E-state index in [9.17, 15) is 13.2 Å². The predicted octanol–water partition coefficient (Wildman–Crippen LogP) is 3.03. The summed E-state index contributed by atoms with van der Waals surface area (Å²) in [7, 11) is -1.33. The number of likely N-dealkylation sites (N-methyl/N-ethyl adjacent to an activating group) is 1. The van der Waals surface area contributed by atoms with Crippen LogP contribution < -0.4 is 5.32 Å². The monoisotopic (exact) mass is 360 g/mol. The molecule has 0 bridgehead atoms. The maximum absolute atomic E-state index is 12.3. The molecule has 25 heavy (non-hydrogen) atoms. The maximum atomic E-state index is 12.3. The summed E-state index contributed by atoms with van der Waals surface area (Å²) in [5.41, 5.74) is 2.78. The normalized spacial score (nSPS) is 12.8. The third-order valence-corrected chi connectivity index (χ3v) is 5.39. The number of carbonyl (C=O) groups is 1. The Labute approximate surface area is 149 Å². The van der Waals surface area contributed by atoms with Crippen LogP contribution in [-0.2, 0) is 14.6 Å². The first kappa shape index (κ1) is 19.1. The highest BCUT2D eigenvalue weighted by Crippen LogP contribution is 2.21. The second kappa shape index (κ2) is 7.80. The van der Waals surface area contributed by atoms with E-state index in [1.807, 2.05) is 50.1 Å². The third kappa shape index (κ3) is 5.14. The number of hydrogen-bond donors (Lipinski definition) is 1. The number of rotatable bonds is 6. The van der Waals surface area contributed by atoms with E-state index in [0.29, 0.717) is 4.90 Å². The zero-order chi connectivity index (χ0) is 18.6. The first-order valence-corrected chi connectivity index (χ1v) is 9.93. The van der Waals surface area contributed by atoms with Crippen molar-refractivity contribution in [2.75, 3.05) is 25.2 Å². The summed E-state index contributed by atoms with van der Waals surface area (Å²) in [6.45, 7) is 4.17. The number of carbonyl (C=O) groups excluding carboxylic acids is 1. The summed E-state index contributed by atoms with van der Waals surface area (Å²) in [6.07, 6.45) is 1.19. The molecule has 6 heteroatoms. The van der Waals surface area contributed by atoms with E-state index in [0.717, 1.165) is 16.8 Å². The molecule has 134 valence electrons.